The van der Waals surface area contributed by atoms with Crippen LogP contribution in [0.2, 0.25) is 0 Å². The smallest absolute Gasteiger partial charge is 0.258 e. The van der Waals surface area contributed by atoms with E-state index in [0.29, 0.717) is 40.0 Å². The predicted octanol–water partition coefficient (Wildman–Crippen LogP) is 5.61. The van der Waals surface area contributed by atoms with Crippen LogP contribution in [0.5, 0.6) is 11.5 Å². The van der Waals surface area contributed by atoms with E-state index in [4.69, 9.17) is 13.9 Å². The lowest BCUT2D eigenvalue weighted by Gasteiger charge is -2.20. The molecule has 3 aromatic carbocycles. The minimum absolute atomic E-state index is 0.192. The van der Waals surface area contributed by atoms with Crippen molar-refractivity contribution in [3.8, 4) is 34.3 Å². The van der Waals surface area contributed by atoms with Gasteiger partial charge in [-0.05, 0) is 31.2 Å². The van der Waals surface area contributed by atoms with Crippen molar-refractivity contribution in [2.24, 2.45) is 0 Å². The number of hydrogen-bond acceptors (Lipinski definition) is 5. The normalized spacial score (nSPS) is 10.6. The molecular weight excluding hydrogens is 404 g/mol. The summed E-state index contributed by atoms with van der Waals surface area (Å²) in [6.45, 7) is 2.03. The minimum Gasteiger partial charge on any atom is -0.493 e. The Morgan fingerprint density at radius 3 is 2.38 bits per heavy atom. The number of oxazole rings is 1. The Morgan fingerprint density at radius 2 is 1.66 bits per heavy atom. The van der Waals surface area contributed by atoms with Gasteiger partial charge in [0.15, 0.2) is 17.3 Å². The first-order valence-electron chi connectivity index (χ1n) is 10.1. The number of ether oxygens (including phenoxy) is 2. The fourth-order valence-corrected chi connectivity index (χ4v) is 3.44. The molecule has 0 saturated carbocycles. The van der Waals surface area contributed by atoms with E-state index in [9.17, 15) is 4.79 Å². The van der Waals surface area contributed by atoms with Crippen LogP contribution in [0.25, 0.3) is 22.8 Å². The summed E-state index contributed by atoms with van der Waals surface area (Å²) < 4.78 is 16.7. The third-order valence-corrected chi connectivity index (χ3v) is 5.29. The summed E-state index contributed by atoms with van der Waals surface area (Å²) >= 11 is 0. The maximum atomic E-state index is 13.4. The molecule has 162 valence electrons. The SMILES string of the molecule is COc1ccc(N(C)C(=O)c2ccccc2-c2ncc(-c3ccc(C)cc3)o2)cc1OC. The predicted molar refractivity (Wildman–Crippen MR) is 124 cm³/mol. The van der Waals surface area contributed by atoms with Crippen molar-refractivity contribution in [2.45, 2.75) is 6.92 Å². The molecular formula is C26H24N2O4. The number of carbonyl (C=O) groups is 1. The molecule has 1 aromatic heterocycles. The number of aromatic nitrogens is 1. The van der Waals surface area contributed by atoms with Crippen LogP contribution in [-0.2, 0) is 0 Å². The summed E-state index contributed by atoms with van der Waals surface area (Å²) in [7, 11) is 4.85. The maximum absolute atomic E-state index is 13.4. The lowest BCUT2D eigenvalue weighted by molar-refractivity contribution is 0.0993. The van der Waals surface area contributed by atoms with Crippen molar-refractivity contribution in [3.05, 3.63) is 84.1 Å². The molecule has 6 heteroatoms. The van der Waals surface area contributed by atoms with Gasteiger partial charge in [-0.2, -0.15) is 0 Å². The van der Waals surface area contributed by atoms with E-state index in [1.54, 1.807) is 50.6 Å². The van der Waals surface area contributed by atoms with Crippen LogP contribution in [0.15, 0.2) is 77.3 Å². The first kappa shape index (κ1) is 21.2. The molecule has 0 saturated heterocycles. The average molecular weight is 428 g/mol. The van der Waals surface area contributed by atoms with E-state index in [2.05, 4.69) is 4.98 Å². The van der Waals surface area contributed by atoms with Gasteiger partial charge in [-0.1, -0.05) is 42.0 Å². The number of rotatable bonds is 6. The number of methoxy groups -OCH3 is 2. The fraction of sp³-hybridized carbons (Fsp3) is 0.154. The van der Waals surface area contributed by atoms with Crippen LogP contribution in [0.3, 0.4) is 0 Å². The molecule has 0 aliphatic heterocycles. The molecule has 0 atom stereocenters. The number of aryl methyl sites for hydroxylation is 1. The molecule has 0 aliphatic rings. The van der Waals surface area contributed by atoms with E-state index >= 15 is 0 Å². The molecule has 6 nitrogen and oxygen atoms in total. The van der Waals surface area contributed by atoms with Gasteiger partial charge in [-0.25, -0.2) is 4.98 Å². The zero-order valence-electron chi connectivity index (χ0n) is 18.5. The Hall–Kier alpha value is -4.06. The second-order valence-electron chi connectivity index (χ2n) is 7.34. The number of amides is 1. The molecule has 1 amide bonds. The maximum Gasteiger partial charge on any atom is 0.258 e. The average Bonchev–Trinajstić information content (AvgIpc) is 3.33. The second-order valence-corrected chi connectivity index (χ2v) is 7.34. The van der Waals surface area contributed by atoms with Gasteiger partial charge in [-0.3, -0.25) is 4.79 Å². The quantitative estimate of drug-likeness (QED) is 0.399. The van der Waals surface area contributed by atoms with Gasteiger partial charge in [0.2, 0.25) is 5.89 Å². The Kier molecular flexibility index (Phi) is 5.94. The molecule has 0 spiro atoms. The van der Waals surface area contributed by atoms with Crippen LogP contribution < -0.4 is 14.4 Å². The Bertz CT molecular complexity index is 1240. The van der Waals surface area contributed by atoms with Gasteiger partial charge in [0, 0.05) is 29.9 Å². The number of benzene rings is 3. The Labute approximate surface area is 187 Å². The van der Waals surface area contributed by atoms with Crippen LogP contribution in [-0.4, -0.2) is 32.2 Å². The summed E-state index contributed by atoms with van der Waals surface area (Å²) in [6, 6.07) is 20.6. The van der Waals surface area contributed by atoms with Crippen LogP contribution in [0, 0.1) is 6.92 Å². The van der Waals surface area contributed by atoms with Crippen molar-refractivity contribution in [3.63, 3.8) is 0 Å². The number of nitrogens with zero attached hydrogens (tertiary/aromatic N) is 2. The summed E-state index contributed by atoms with van der Waals surface area (Å²) in [6.07, 6.45) is 1.68. The van der Waals surface area contributed by atoms with Crippen molar-refractivity contribution < 1.29 is 18.7 Å². The Morgan fingerprint density at radius 1 is 0.938 bits per heavy atom. The molecule has 1 heterocycles. The number of carbonyl (C=O) groups excluding carboxylic acids is 1. The number of anilines is 1. The highest BCUT2D eigenvalue weighted by Gasteiger charge is 2.21. The molecule has 0 fully saturated rings. The highest BCUT2D eigenvalue weighted by atomic mass is 16.5. The van der Waals surface area contributed by atoms with Gasteiger partial charge < -0.3 is 18.8 Å². The summed E-state index contributed by atoms with van der Waals surface area (Å²) in [4.78, 5) is 19.4. The topological polar surface area (TPSA) is 64.8 Å². The minimum atomic E-state index is -0.192. The highest BCUT2D eigenvalue weighted by Crippen LogP contribution is 2.33. The molecule has 32 heavy (non-hydrogen) atoms. The third-order valence-electron chi connectivity index (χ3n) is 5.29. The van der Waals surface area contributed by atoms with E-state index < -0.39 is 0 Å². The van der Waals surface area contributed by atoms with Crippen LogP contribution >= 0.6 is 0 Å². The van der Waals surface area contributed by atoms with Gasteiger partial charge >= 0.3 is 0 Å². The van der Waals surface area contributed by atoms with Crippen LogP contribution in [0.1, 0.15) is 15.9 Å². The lowest BCUT2D eigenvalue weighted by atomic mass is 10.1. The monoisotopic (exact) mass is 428 g/mol. The second kappa shape index (κ2) is 8.98. The zero-order chi connectivity index (χ0) is 22.7. The molecule has 0 radical (unpaired) electrons. The van der Waals surface area contributed by atoms with Gasteiger partial charge in [0.1, 0.15) is 0 Å². The Balaban J connectivity index is 1.67. The number of hydrogen-bond donors (Lipinski definition) is 0. The summed E-state index contributed by atoms with van der Waals surface area (Å²) in [5, 5.41) is 0. The first-order chi connectivity index (χ1) is 15.5. The molecule has 0 N–H and O–H groups in total. The lowest BCUT2D eigenvalue weighted by Crippen LogP contribution is -2.26. The van der Waals surface area contributed by atoms with Crippen molar-refractivity contribution >= 4 is 11.6 Å². The standard InChI is InChI=1S/C26H24N2O4/c1-17-9-11-18(12-10-17)24-16-27-25(32-24)20-7-5-6-8-21(20)26(29)28(2)19-13-14-22(30-3)23(15-19)31-4/h5-16H,1-4H3. The third kappa shape index (κ3) is 4.07. The van der Waals surface area contributed by atoms with Gasteiger partial charge in [0.25, 0.3) is 5.91 Å². The fourth-order valence-electron chi connectivity index (χ4n) is 3.44. The van der Waals surface area contributed by atoms with Gasteiger partial charge in [0.05, 0.1) is 26.0 Å². The largest absolute Gasteiger partial charge is 0.493 e. The van der Waals surface area contributed by atoms with Crippen molar-refractivity contribution in [1.29, 1.82) is 0 Å². The van der Waals surface area contributed by atoms with Gasteiger partial charge in [-0.15, -0.1) is 0 Å². The van der Waals surface area contributed by atoms with E-state index in [0.717, 1.165) is 5.56 Å². The molecule has 4 aromatic rings. The highest BCUT2D eigenvalue weighted by molar-refractivity contribution is 6.09. The van der Waals surface area contributed by atoms with Crippen LogP contribution in [0.4, 0.5) is 5.69 Å². The van der Waals surface area contributed by atoms with E-state index in [-0.39, 0.29) is 5.91 Å². The zero-order valence-corrected chi connectivity index (χ0v) is 18.5. The molecule has 0 bridgehead atoms. The van der Waals surface area contributed by atoms with E-state index in [1.807, 2.05) is 55.5 Å². The van der Waals surface area contributed by atoms with E-state index in [1.165, 1.54) is 5.56 Å². The molecule has 4 rings (SSSR count). The molecule has 0 aliphatic carbocycles. The summed E-state index contributed by atoms with van der Waals surface area (Å²) in [5.41, 5.74) is 3.89. The summed E-state index contributed by atoms with van der Waals surface area (Å²) in [5.74, 6) is 2.00. The first-order valence-corrected chi connectivity index (χ1v) is 10.1. The molecule has 0 unspecified atom stereocenters. The van der Waals surface area contributed by atoms with Crippen molar-refractivity contribution in [1.82, 2.24) is 4.98 Å². The van der Waals surface area contributed by atoms with Crippen molar-refractivity contribution in [2.75, 3.05) is 26.2 Å².